The number of hydrogen-bond acceptors (Lipinski definition) is 4. The van der Waals surface area contributed by atoms with Crippen LogP contribution >= 0.6 is 24.8 Å². The van der Waals surface area contributed by atoms with E-state index in [1.807, 2.05) is 14.1 Å². The fraction of sp³-hybridized carbons (Fsp3) is 1.00. The van der Waals surface area contributed by atoms with Crippen LogP contribution in [-0.4, -0.2) is 73.9 Å². The van der Waals surface area contributed by atoms with Gasteiger partial charge in [-0.1, -0.05) is 0 Å². The van der Waals surface area contributed by atoms with Gasteiger partial charge in [-0.2, -0.15) is 0 Å². The van der Waals surface area contributed by atoms with Crippen molar-refractivity contribution >= 4 is 24.8 Å². The molecule has 3 atom stereocenters. The molecule has 3 aliphatic rings. The van der Waals surface area contributed by atoms with Gasteiger partial charge < -0.3 is 20.2 Å². The summed E-state index contributed by atoms with van der Waals surface area (Å²) in [7, 11) is 4.09. The minimum atomic E-state index is -0.443. The average molecular weight is 326 g/mol. The van der Waals surface area contributed by atoms with Crippen LogP contribution < -0.4 is 5.32 Å². The van der Waals surface area contributed by atoms with Gasteiger partial charge in [0.15, 0.2) is 0 Å². The normalized spacial score (nSPS) is 35.1. The van der Waals surface area contributed by atoms with E-state index in [-0.39, 0.29) is 24.8 Å². The number of halogens is 2. The summed E-state index contributed by atoms with van der Waals surface area (Å²) in [5.41, 5.74) is -0.443. The number of aliphatic hydroxyl groups is 1. The maximum Gasteiger partial charge on any atom is 0.0798 e. The van der Waals surface area contributed by atoms with Crippen LogP contribution in [-0.2, 0) is 0 Å². The number of nitrogens with one attached hydrogen (secondary N) is 1. The topological polar surface area (TPSA) is 38.7 Å². The molecule has 0 bridgehead atoms. The molecule has 3 fully saturated rings. The lowest BCUT2D eigenvalue weighted by Gasteiger charge is -2.39. The Morgan fingerprint density at radius 3 is 2.20 bits per heavy atom. The molecule has 1 aliphatic carbocycles. The van der Waals surface area contributed by atoms with Crippen molar-refractivity contribution in [2.45, 2.75) is 18.4 Å². The first-order valence-electron chi connectivity index (χ1n) is 7.38. The maximum atomic E-state index is 10.5. The molecular formula is C14H29Cl2N3O. The second-order valence-corrected chi connectivity index (χ2v) is 6.91. The van der Waals surface area contributed by atoms with Crippen molar-refractivity contribution in [3.63, 3.8) is 0 Å². The van der Waals surface area contributed by atoms with Gasteiger partial charge in [-0.05, 0) is 57.8 Å². The van der Waals surface area contributed by atoms with E-state index in [0.717, 1.165) is 50.2 Å². The van der Waals surface area contributed by atoms with E-state index in [4.69, 9.17) is 0 Å². The Balaban J connectivity index is 0.000001000. The van der Waals surface area contributed by atoms with E-state index in [1.165, 1.54) is 19.6 Å². The molecule has 3 rings (SSSR count). The molecule has 4 nitrogen and oxygen atoms in total. The quantitative estimate of drug-likeness (QED) is 0.797. The first kappa shape index (κ1) is 18.5. The van der Waals surface area contributed by atoms with Gasteiger partial charge in [0.05, 0.1) is 5.60 Å². The van der Waals surface area contributed by atoms with Gasteiger partial charge in [-0.15, -0.1) is 24.8 Å². The third-order valence-electron chi connectivity index (χ3n) is 5.14. The molecule has 2 aliphatic heterocycles. The SMILES string of the molecule is CN(C)CC1(O)CCN(CC2[C@H]3CNC[C@@H]23)CC1.Cl.Cl. The summed E-state index contributed by atoms with van der Waals surface area (Å²) in [6, 6.07) is 0. The Morgan fingerprint density at radius 1 is 1.15 bits per heavy atom. The van der Waals surface area contributed by atoms with Crippen molar-refractivity contribution in [2.24, 2.45) is 17.8 Å². The van der Waals surface area contributed by atoms with Crippen LogP contribution in [0.1, 0.15) is 12.8 Å². The van der Waals surface area contributed by atoms with Crippen LogP contribution in [0.4, 0.5) is 0 Å². The molecule has 0 aromatic carbocycles. The molecule has 0 aromatic heterocycles. The number of likely N-dealkylation sites (tertiary alicyclic amines) is 1. The van der Waals surface area contributed by atoms with E-state index in [9.17, 15) is 5.11 Å². The third-order valence-corrected chi connectivity index (χ3v) is 5.14. The molecule has 0 amide bonds. The van der Waals surface area contributed by atoms with E-state index in [0.29, 0.717) is 0 Å². The minimum absolute atomic E-state index is 0. The van der Waals surface area contributed by atoms with E-state index in [2.05, 4.69) is 15.1 Å². The molecule has 0 aromatic rings. The highest BCUT2D eigenvalue weighted by Crippen LogP contribution is 2.49. The van der Waals surface area contributed by atoms with Crippen molar-refractivity contribution in [2.75, 3.05) is 53.4 Å². The zero-order valence-corrected chi connectivity index (χ0v) is 14.2. The highest BCUT2D eigenvalue weighted by molar-refractivity contribution is 5.85. The van der Waals surface area contributed by atoms with Crippen LogP contribution in [0.25, 0.3) is 0 Å². The largest absolute Gasteiger partial charge is 0.388 e. The zero-order chi connectivity index (χ0) is 12.8. The van der Waals surface area contributed by atoms with Crippen molar-refractivity contribution in [1.29, 1.82) is 0 Å². The molecule has 2 N–H and O–H groups in total. The molecule has 0 spiro atoms. The molecule has 2 saturated heterocycles. The molecule has 2 heterocycles. The summed E-state index contributed by atoms with van der Waals surface area (Å²) in [5, 5.41) is 14.0. The molecule has 1 unspecified atom stereocenters. The van der Waals surface area contributed by atoms with Crippen molar-refractivity contribution < 1.29 is 5.11 Å². The molecule has 6 heteroatoms. The Labute approximate surface area is 135 Å². The van der Waals surface area contributed by atoms with E-state index < -0.39 is 5.60 Å². The number of piperidine rings is 2. The maximum absolute atomic E-state index is 10.5. The standard InChI is InChI=1S/C14H27N3O.2ClH/c1-16(2)10-14(18)3-5-17(6-4-14)9-13-11-7-15-8-12(11)13;;/h11-13,15,18H,3-10H2,1-2H3;2*1H/t11-,12+,13?;;. The minimum Gasteiger partial charge on any atom is -0.388 e. The van der Waals surface area contributed by atoms with Crippen LogP contribution in [0, 0.1) is 17.8 Å². The second-order valence-electron chi connectivity index (χ2n) is 6.91. The highest BCUT2D eigenvalue weighted by Gasteiger charge is 2.53. The summed E-state index contributed by atoms with van der Waals surface area (Å²) in [6.07, 6.45) is 1.87. The van der Waals surface area contributed by atoms with Crippen molar-refractivity contribution in [3.8, 4) is 0 Å². The van der Waals surface area contributed by atoms with Gasteiger partial charge in [-0.3, -0.25) is 0 Å². The van der Waals surface area contributed by atoms with Gasteiger partial charge in [0.2, 0.25) is 0 Å². The lowest BCUT2D eigenvalue weighted by Crippen LogP contribution is -2.50. The van der Waals surface area contributed by atoms with Crippen LogP contribution in [0.2, 0.25) is 0 Å². The number of hydrogen-bond donors (Lipinski definition) is 2. The summed E-state index contributed by atoms with van der Waals surface area (Å²) in [5.74, 6) is 2.88. The predicted octanol–water partition coefficient (Wildman–Crippen LogP) is 0.684. The molecule has 1 saturated carbocycles. The molecular weight excluding hydrogens is 297 g/mol. The zero-order valence-electron chi connectivity index (χ0n) is 12.5. The van der Waals surface area contributed by atoms with Gasteiger partial charge in [0.1, 0.15) is 0 Å². The Hall–Kier alpha value is 0.420. The van der Waals surface area contributed by atoms with Crippen LogP contribution in [0.3, 0.4) is 0 Å². The molecule has 20 heavy (non-hydrogen) atoms. The van der Waals surface area contributed by atoms with E-state index >= 15 is 0 Å². The summed E-state index contributed by atoms with van der Waals surface area (Å²) in [4.78, 5) is 4.68. The summed E-state index contributed by atoms with van der Waals surface area (Å²) >= 11 is 0. The Kier molecular flexibility index (Phi) is 6.58. The predicted molar refractivity (Wildman–Crippen MR) is 87.0 cm³/mol. The Bertz CT molecular complexity index is 299. The number of fused-ring (bicyclic) bond motifs is 1. The van der Waals surface area contributed by atoms with Gasteiger partial charge in [0, 0.05) is 26.2 Å². The first-order valence-corrected chi connectivity index (χ1v) is 7.38. The van der Waals surface area contributed by atoms with Gasteiger partial charge in [-0.25, -0.2) is 0 Å². The van der Waals surface area contributed by atoms with Crippen LogP contribution in [0.5, 0.6) is 0 Å². The van der Waals surface area contributed by atoms with Crippen molar-refractivity contribution in [3.05, 3.63) is 0 Å². The van der Waals surface area contributed by atoms with Gasteiger partial charge in [0.25, 0.3) is 0 Å². The Morgan fingerprint density at radius 2 is 1.70 bits per heavy atom. The number of likely N-dealkylation sites (N-methyl/N-ethyl adjacent to an activating group) is 1. The highest BCUT2D eigenvalue weighted by atomic mass is 35.5. The average Bonchev–Trinajstić information content (AvgIpc) is 2.73. The smallest absolute Gasteiger partial charge is 0.0798 e. The summed E-state index contributed by atoms with van der Waals surface area (Å²) in [6.45, 7) is 6.72. The van der Waals surface area contributed by atoms with Gasteiger partial charge >= 0.3 is 0 Å². The van der Waals surface area contributed by atoms with E-state index in [1.54, 1.807) is 0 Å². The molecule has 0 radical (unpaired) electrons. The monoisotopic (exact) mass is 325 g/mol. The van der Waals surface area contributed by atoms with Crippen LogP contribution in [0.15, 0.2) is 0 Å². The summed E-state index contributed by atoms with van der Waals surface area (Å²) < 4.78 is 0. The fourth-order valence-electron chi connectivity index (χ4n) is 4.01. The van der Waals surface area contributed by atoms with Crippen molar-refractivity contribution in [1.82, 2.24) is 15.1 Å². The fourth-order valence-corrected chi connectivity index (χ4v) is 4.01. The number of nitrogens with zero attached hydrogens (tertiary/aromatic N) is 2. The molecule has 120 valence electrons. The first-order chi connectivity index (χ1) is 8.57. The lowest BCUT2D eigenvalue weighted by atomic mass is 9.91. The second kappa shape index (κ2) is 7.12. The lowest BCUT2D eigenvalue weighted by molar-refractivity contribution is -0.0383. The third kappa shape index (κ3) is 3.99. The number of rotatable bonds is 4.